The number of rotatable bonds is 5. The number of nitrogens with one attached hydrogen (secondary N) is 1. The third kappa shape index (κ3) is 3.46. The zero-order valence-corrected chi connectivity index (χ0v) is 11.1. The van der Waals surface area contributed by atoms with Crippen molar-refractivity contribution in [3.8, 4) is 0 Å². The average Bonchev–Trinajstić information content (AvgIpc) is 2.76. The van der Waals surface area contributed by atoms with Crippen LogP contribution in [0.15, 0.2) is 12.5 Å². The van der Waals surface area contributed by atoms with Gasteiger partial charge in [-0.05, 0) is 19.8 Å². The Morgan fingerprint density at radius 2 is 2.22 bits per heavy atom. The summed E-state index contributed by atoms with van der Waals surface area (Å²) in [6, 6.07) is 0.294. The van der Waals surface area contributed by atoms with Crippen molar-refractivity contribution in [3.05, 3.63) is 12.5 Å². The van der Waals surface area contributed by atoms with Crippen molar-refractivity contribution in [2.24, 2.45) is 0 Å². The van der Waals surface area contributed by atoms with Gasteiger partial charge in [-0.3, -0.25) is 0 Å². The highest BCUT2D eigenvalue weighted by Gasteiger charge is 2.28. The van der Waals surface area contributed by atoms with Crippen LogP contribution in [-0.4, -0.2) is 33.3 Å². The van der Waals surface area contributed by atoms with Gasteiger partial charge in [0, 0.05) is 25.3 Å². The molecule has 0 aromatic carbocycles. The number of aromatic nitrogens is 2. The molecule has 1 aliphatic rings. The van der Waals surface area contributed by atoms with Crippen molar-refractivity contribution >= 4 is 5.82 Å². The number of imidazole rings is 1. The number of nitrogen functional groups attached to an aromatic ring is 1. The molecule has 5 nitrogen and oxygen atoms in total. The molecule has 2 rings (SSSR count). The van der Waals surface area contributed by atoms with E-state index in [1.165, 1.54) is 6.42 Å². The molecule has 0 amide bonds. The summed E-state index contributed by atoms with van der Waals surface area (Å²) < 4.78 is 1.99. The van der Waals surface area contributed by atoms with Crippen molar-refractivity contribution in [2.75, 3.05) is 18.8 Å². The van der Waals surface area contributed by atoms with Gasteiger partial charge in [0.25, 0.3) is 0 Å². The molecule has 102 valence electrons. The van der Waals surface area contributed by atoms with Crippen LogP contribution in [-0.2, 0) is 0 Å². The Hall–Kier alpha value is -1.07. The first-order valence-corrected chi connectivity index (χ1v) is 6.81. The van der Waals surface area contributed by atoms with Gasteiger partial charge in [0.15, 0.2) is 0 Å². The van der Waals surface area contributed by atoms with Crippen molar-refractivity contribution < 1.29 is 5.11 Å². The Morgan fingerprint density at radius 1 is 1.50 bits per heavy atom. The maximum Gasteiger partial charge on any atom is 0.141 e. The fourth-order valence-corrected chi connectivity index (χ4v) is 2.60. The van der Waals surface area contributed by atoms with Crippen LogP contribution in [0, 0.1) is 0 Å². The second-order valence-corrected chi connectivity index (χ2v) is 5.51. The monoisotopic (exact) mass is 252 g/mol. The van der Waals surface area contributed by atoms with E-state index in [1.54, 1.807) is 6.33 Å². The summed E-state index contributed by atoms with van der Waals surface area (Å²) in [7, 11) is 0. The summed E-state index contributed by atoms with van der Waals surface area (Å²) in [6.45, 7) is 3.61. The molecule has 1 aromatic rings. The van der Waals surface area contributed by atoms with Gasteiger partial charge in [0.1, 0.15) is 5.82 Å². The van der Waals surface area contributed by atoms with E-state index in [1.807, 2.05) is 10.8 Å². The summed E-state index contributed by atoms with van der Waals surface area (Å²) in [5, 5.41) is 13.7. The van der Waals surface area contributed by atoms with Crippen LogP contribution < -0.4 is 11.1 Å². The zero-order valence-electron chi connectivity index (χ0n) is 11.1. The van der Waals surface area contributed by atoms with E-state index in [2.05, 4.69) is 17.2 Å². The first kappa shape index (κ1) is 13.4. The lowest BCUT2D eigenvalue weighted by molar-refractivity contribution is 0.00455. The van der Waals surface area contributed by atoms with E-state index in [4.69, 9.17) is 5.73 Å². The topological polar surface area (TPSA) is 76.1 Å². The summed E-state index contributed by atoms with van der Waals surface area (Å²) in [4.78, 5) is 4.01. The van der Waals surface area contributed by atoms with Gasteiger partial charge in [-0.15, -0.1) is 0 Å². The minimum Gasteiger partial charge on any atom is -0.389 e. The Kier molecular flexibility index (Phi) is 4.24. The van der Waals surface area contributed by atoms with Crippen molar-refractivity contribution in [2.45, 2.75) is 50.7 Å². The highest BCUT2D eigenvalue weighted by Crippen LogP contribution is 2.27. The molecule has 0 aliphatic heterocycles. The second kappa shape index (κ2) is 5.71. The van der Waals surface area contributed by atoms with Gasteiger partial charge in [0.05, 0.1) is 11.9 Å². The normalized spacial score (nSPS) is 20.8. The summed E-state index contributed by atoms with van der Waals surface area (Å²) in [5.74, 6) is 0.549. The molecule has 0 saturated heterocycles. The lowest BCUT2D eigenvalue weighted by atomic mass is 9.85. The number of hydrogen-bond acceptors (Lipinski definition) is 4. The molecule has 1 heterocycles. The standard InChI is InChI=1S/C13H24N4O/c1-11(17-8-12(14)16-10-17)7-15-9-13(18)5-3-2-4-6-13/h8,10-11,15,18H,2-7,9,14H2,1H3. The number of nitrogens with zero attached hydrogens (tertiary/aromatic N) is 2. The summed E-state index contributed by atoms with van der Waals surface area (Å²) in [5.41, 5.74) is 5.10. The maximum absolute atomic E-state index is 10.4. The molecule has 0 radical (unpaired) electrons. The molecular weight excluding hydrogens is 228 g/mol. The molecule has 18 heavy (non-hydrogen) atoms. The van der Waals surface area contributed by atoms with E-state index in [0.29, 0.717) is 18.4 Å². The third-order valence-electron chi connectivity index (χ3n) is 3.81. The Balaban J connectivity index is 1.74. The van der Waals surface area contributed by atoms with Gasteiger partial charge in [-0.25, -0.2) is 4.98 Å². The van der Waals surface area contributed by atoms with Crippen LogP contribution >= 0.6 is 0 Å². The minimum atomic E-state index is -0.494. The number of nitrogens with two attached hydrogens (primary N) is 1. The van der Waals surface area contributed by atoms with Crippen LogP contribution in [0.5, 0.6) is 0 Å². The van der Waals surface area contributed by atoms with E-state index < -0.39 is 5.60 Å². The van der Waals surface area contributed by atoms with E-state index in [9.17, 15) is 5.11 Å². The van der Waals surface area contributed by atoms with Gasteiger partial charge in [-0.1, -0.05) is 19.3 Å². The third-order valence-corrected chi connectivity index (χ3v) is 3.81. The molecule has 1 unspecified atom stereocenters. The first-order valence-electron chi connectivity index (χ1n) is 6.81. The lowest BCUT2D eigenvalue weighted by Gasteiger charge is -2.32. The molecular formula is C13H24N4O. The molecule has 0 bridgehead atoms. The quantitative estimate of drug-likeness (QED) is 0.738. The smallest absolute Gasteiger partial charge is 0.141 e. The second-order valence-electron chi connectivity index (χ2n) is 5.51. The average molecular weight is 252 g/mol. The predicted octanol–water partition coefficient (Wildman–Crippen LogP) is 1.31. The van der Waals surface area contributed by atoms with Crippen LogP contribution in [0.2, 0.25) is 0 Å². The Bertz CT molecular complexity index is 371. The Labute approximate surface area is 108 Å². The summed E-state index contributed by atoms with van der Waals surface area (Å²) >= 11 is 0. The lowest BCUT2D eigenvalue weighted by Crippen LogP contribution is -2.43. The van der Waals surface area contributed by atoms with Crippen LogP contribution in [0.25, 0.3) is 0 Å². The number of anilines is 1. The maximum atomic E-state index is 10.4. The predicted molar refractivity (Wildman–Crippen MR) is 72.3 cm³/mol. The highest BCUT2D eigenvalue weighted by atomic mass is 16.3. The molecule has 0 spiro atoms. The van der Waals surface area contributed by atoms with Crippen molar-refractivity contribution in [1.29, 1.82) is 0 Å². The van der Waals surface area contributed by atoms with Crippen LogP contribution in [0.4, 0.5) is 5.82 Å². The van der Waals surface area contributed by atoms with Crippen molar-refractivity contribution in [3.63, 3.8) is 0 Å². The van der Waals surface area contributed by atoms with Gasteiger partial charge in [0.2, 0.25) is 0 Å². The van der Waals surface area contributed by atoms with Gasteiger partial charge in [-0.2, -0.15) is 0 Å². The van der Waals surface area contributed by atoms with E-state index in [0.717, 1.165) is 32.2 Å². The van der Waals surface area contributed by atoms with Gasteiger partial charge >= 0.3 is 0 Å². The molecule has 1 atom stereocenters. The molecule has 5 heteroatoms. The van der Waals surface area contributed by atoms with E-state index in [-0.39, 0.29) is 0 Å². The zero-order chi connectivity index (χ0) is 13.0. The number of hydrogen-bond donors (Lipinski definition) is 3. The summed E-state index contributed by atoms with van der Waals surface area (Å²) in [6.07, 6.45) is 8.97. The fourth-order valence-electron chi connectivity index (χ4n) is 2.60. The first-order chi connectivity index (χ1) is 8.59. The van der Waals surface area contributed by atoms with Crippen molar-refractivity contribution in [1.82, 2.24) is 14.9 Å². The molecule has 1 aliphatic carbocycles. The largest absolute Gasteiger partial charge is 0.389 e. The SMILES string of the molecule is CC(CNCC1(O)CCCCC1)n1cnc(N)c1. The molecule has 1 saturated carbocycles. The van der Waals surface area contributed by atoms with Crippen LogP contribution in [0.1, 0.15) is 45.1 Å². The number of aliphatic hydroxyl groups is 1. The van der Waals surface area contributed by atoms with Crippen LogP contribution in [0.3, 0.4) is 0 Å². The van der Waals surface area contributed by atoms with E-state index >= 15 is 0 Å². The molecule has 4 N–H and O–H groups in total. The highest BCUT2D eigenvalue weighted by molar-refractivity contribution is 5.22. The Morgan fingerprint density at radius 3 is 2.83 bits per heavy atom. The molecule has 1 fully saturated rings. The molecule has 1 aromatic heterocycles. The van der Waals surface area contributed by atoms with Gasteiger partial charge < -0.3 is 20.7 Å². The minimum absolute atomic E-state index is 0.294. The fraction of sp³-hybridized carbons (Fsp3) is 0.769.